The average Bonchev–Trinajstić information content (AvgIpc) is 2.51. The van der Waals surface area contributed by atoms with E-state index in [0.717, 1.165) is 0 Å². The molecule has 1 N–H and O–H groups in total. The number of hydrogen-bond acceptors (Lipinski definition) is 6. The zero-order valence-electron chi connectivity index (χ0n) is 8.86. The number of amides is 2. The van der Waals surface area contributed by atoms with Crippen LogP contribution in [-0.2, 0) is 10.1 Å². The van der Waals surface area contributed by atoms with Crippen LogP contribution in [0.3, 0.4) is 0 Å². The van der Waals surface area contributed by atoms with Gasteiger partial charge in [0.15, 0.2) is 10.1 Å². The summed E-state index contributed by atoms with van der Waals surface area (Å²) in [7, 11) is -5.19. The van der Waals surface area contributed by atoms with Crippen LogP contribution in [0.5, 0.6) is 0 Å². The predicted octanol–water partition coefficient (Wildman–Crippen LogP) is 0.203. The minimum atomic E-state index is -5.19. The lowest BCUT2D eigenvalue weighted by Gasteiger charge is -2.21. The van der Waals surface area contributed by atoms with Crippen LogP contribution in [0.4, 0.5) is 0 Å². The van der Waals surface area contributed by atoms with E-state index < -0.39 is 31.6 Å². The quantitative estimate of drug-likeness (QED) is 0.355. The molecule has 0 bridgehead atoms. The van der Waals surface area contributed by atoms with E-state index in [-0.39, 0.29) is 11.1 Å². The molecule has 0 aromatic heterocycles. The fourth-order valence-electron chi connectivity index (χ4n) is 1.69. The van der Waals surface area contributed by atoms with Gasteiger partial charge in [-0.3, -0.25) is 0 Å². The molecule has 8 heteroatoms. The Labute approximate surface area is 102 Å². The molecule has 2 amide bonds. The van der Waals surface area contributed by atoms with Gasteiger partial charge in [0.05, 0.1) is 0 Å². The van der Waals surface area contributed by atoms with Crippen LogP contribution >= 0.6 is 0 Å². The summed E-state index contributed by atoms with van der Waals surface area (Å²) in [6.07, 6.45) is 0. The highest BCUT2D eigenvalue weighted by molar-refractivity contribution is 7.89. The van der Waals surface area contributed by atoms with E-state index in [0.29, 0.717) is 0 Å². The molecule has 1 aromatic rings. The molecule has 1 heterocycles. The van der Waals surface area contributed by atoms with E-state index in [2.05, 4.69) is 6.58 Å². The highest BCUT2D eigenvalue weighted by Gasteiger charge is 2.58. The first-order chi connectivity index (χ1) is 8.20. The lowest BCUT2D eigenvalue weighted by Crippen LogP contribution is -2.50. The van der Waals surface area contributed by atoms with E-state index in [4.69, 9.17) is 0 Å². The summed E-state index contributed by atoms with van der Waals surface area (Å²) < 4.78 is 30.2. The van der Waals surface area contributed by atoms with Gasteiger partial charge >= 0.3 is 11.8 Å². The Morgan fingerprint density at radius 2 is 1.56 bits per heavy atom. The maximum Gasteiger partial charge on any atom is 0.392 e. The smallest absolute Gasteiger partial charge is 0.392 e. The van der Waals surface area contributed by atoms with Crippen molar-refractivity contribution in [1.82, 2.24) is 0 Å². The first-order valence-electron chi connectivity index (χ1n) is 4.66. The molecule has 0 spiro atoms. The summed E-state index contributed by atoms with van der Waals surface area (Å²) in [5, 5.41) is 8.50. The molecular weight excluding hydrogens is 262 g/mol. The molecule has 0 fully saturated rings. The van der Waals surface area contributed by atoms with Crippen LogP contribution < -0.4 is 0 Å². The van der Waals surface area contributed by atoms with E-state index >= 15 is 0 Å². The van der Waals surface area contributed by atoms with Gasteiger partial charge in [-0.15, -0.1) is 0 Å². The molecule has 0 radical (unpaired) electrons. The SMILES string of the molecule is C=C([N+]1(O)C(=O)c2ccccc2C1=O)S(=O)(=O)[O-]. The number of benzene rings is 1. The lowest BCUT2D eigenvalue weighted by atomic mass is 10.1. The van der Waals surface area contributed by atoms with Gasteiger partial charge in [0.2, 0.25) is 0 Å². The molecule has 18 heavy (non-hydrogen) atoms. The summed E-state index contributed by atoms with van der Waals surface area (Å²) in [5.74, 6) is -2.42. The van der Waals surface area contributed by atoms with Crippen LogP contribution in [0, 0.1) is 0 Å². The number of nitrogens with zero attached hydrogens (tertiary/aromatic N) is 1. The van der Waals surface area contributed by atoms with Gasteiger partial charge in [-0.05, 0) is 23.4 Å². The maximum atomic E-state index is 11.9. The van der Waals surface area contributed by atoms with Crippen molar-refractivity contribution in [3.05, 3.63) is 47.0 Å². The van der Waals surface area contributed by atoms with Crippen molar-refractivity contribution in [3.63, 3.8) is 0 Å². The second kappa shape index (κ2) is 3.56. The summed E-state index contributed by atoms with van der Waals surface area (Å²) in [5.41, 5.74) is -0.315. The molecule has 0 saturated carbocycles. The number of quaternary nitrogens is 1. The minimum absolute atomic E-state index is 0.158. The van der Waals surface area contributed by atoms with Gasteiger partial charge in [-0.1, -0.05) is 12.1 Å². The van der Waals surface area contributed by atoms with Crippen LogP contribution in [0.1, 0.15) is 20.7 Å². The van der Waals surface area contributed by atoms with Crippen LogP contribution in [-0.4, -0.2) is 34.6 Å². The Bertz CT molecular complexity index is 655. The van der Waals surface area contributed by atoms with Crippen LogP contribution in [0.2, 0.25) is 0 Å². The second-order valence-corrected chi connectivity index (χ2v) is 5.02. The third kappa shape index (κ3) is 1.44. The highest BCUT2D eigenvalue weighted by Crippen LogP contribution is 2.33. The standard InChI is InChI=1S/C10H7NO6S/c1-6(18(15,16)17)11(14)9(12)7-4-2-3-5-8(7)10(11)13/h2-5,14H,1H2. The Morgan fingerprint density at radius 3 is 1.89 bits per heavy atom. The topological polar surface area (TPSA) is 112 Å². The maximum absolute atomic E-state index is 11.9. The van der Waals surface area contributed by atoms with Crippen LogP contribution in [0.15, 0.2) is 35.9 Å². The summed E-state index contributed by atoms with van der Waals surface area (Å²) in [6.45, 7) is 2.84. The molecule has 0 aliphatic carbocycles. The Morgan fingerprint density at radius 1 is 1.17 bits per heavy atom. The van der Waals surface area contributed by atoms with Gasteiger partial charge in [0.1, 0.15) is 11.1 Å². The van der Waals surface area contributed by atoms with Gasteiger partial charge < -0.3 is 4.55 Å². The number of hydroxylamine groups is 3. The van der Waals surface area contributed by atoms with Crippen LogP contribution in [0.25, 0.3) is 0 Å². The second-order valence-electron chi connectivity index (χ2n) is 3.64. The summed E-state index contributed by atoms with van der Waals surface area (Å²) >= 11 is 0. The van der Waals surface area contributed by atoms with Crippen molar-refractivity contribution in [1.29, 1.82) is 0 Å². The van der Waals surface area contributed by atoms with E-state index in [1.54, 1.807) is 0 Å². The highest BCUT2D eigenvalue weighted by atomic mass is 32.2. The zero-order chi connectivity index (χ0) is 13.7. The molecule has 0 saturated heterocycles. The fourth-order valence-corrected chi connectivity index (χ4v) is 2.17. The minimum Gasteiger partial charge on any atom is -0.740 e. The van der Waals surface area contributed by atoms with Gasteiger partial charge in [-0.2, -0.15) is 5.21 Å². The van der Waals surface area contributed by atoms with Crippen molar-refractivity contribution < 1.29 is 32.4 Å². The van der Waals surface area contributed by atoms with Crippen molar-refractivity contribution in [3.8, 4) is 0 Å². The van der Waals surface area contributed by atoms with E-state index in [1.807, 2.05) is 0 Å². The summed E-state index contributed by atoms with van der Waals surface area (Å²) in [4.78, 5) is 23.7. The predicted molar refractivity (Wildman–Crippen MR) is 56.0 cm³/mol. The molecule has 1 aliphatic rings. The third-order valence-electron chi connectivity index (χ3n) is 2.63. The molecule has 1 aliphatic heterocycles. The van der Waals surface area contributed by atoms with Crippen molar-refractivity contribution in [2.45, 2.75) is 0 Å². The molecular formula is C10H7NO6S. The first-order valence-corrected chi connectivity index (χ1v) is 6.07. The molecule has 94 valence electrons. The van der Waals surface area contributed by atoms with E-state index in [1.165, 1.54) is 24.3 Å². The average molecular weight is 269 g/mol. The number of fused-ring (bicyclic) bond motifs is 1. The molecule has 7 nitrogen and oxygen atoms in total. The zero-order valence-corrected chi connectivity index (χ0v) is 9.68. The van der Waals surface area contributed by atoms with Crippen molar-refractivity contribution >= 4 is 21.9 Å². The molecule has 2 rings (SSSR count). The number of rotatable bonds is 2. The number of carbonyl (C=O) groups is 2. The monoisotopic (exact) mass is 269 g/mol. The van der Waals surface area contributed by atoms with Crippen molar-refractivity contribution in [2.75, 3.05) is 0 Å². The lowest BCUT2D eigenvalue weighted by molar-refractivity contribution is -0.926. The number of hydrogen-bond donors (Lipinski definition) is 1. The molecule has 0 atom stereocenters. The van der Waals surface area contributed by atoms with Crippen molar-refractivity contribution in [2.24, 2.45) is 0 Å². The first kappa shape index (κ1) is 12.6. The molecule has 0 unspecified atom stereocenters. The number of carbonyl (C=O) groups excluding carboxylic acids is 2. The third-order valence-corrected chi connectivity index (χ3v) is 3.47. The Hall–Kier alpha value is -1.87. The van der Waals surface area contributed by atoms with Gasteiger partial charge in [0.25, 0.3) is 5.03 Å². The molecule has 1 aromatic carbocycles. The normalized spacial score (nSPS) is 17.7. The number of imide groups is 1. The largest absolute Gasteiger partial charge is 0.740 e. The summed E-state index contributed by atoms with van der Waals surface area (Å²) in [6, 6.07) is 5.37. The van der Waals surface area contributed by atoms with Gasteiger partial charge in [-0.25, -0.2) is 18.0 Å². The Balaban J connectivity index is 2.68. The van der Waals surface area contributed by atoms with Gasteiger partial charge in [0, 0.05) is 0 Å². The van der Waals surface area contributed by atoms with E-state index in [9.17, 15) is 27.8 Å². The Kier molecular flexibility index (Phi) is 2.49. The fraction of sp³-hybridized carbons (Fsp3) is 0.